The highest BCUT2D eigenvalue weighted by molar-refractivity contribution is 9.10. The van der Waals surface area contributed by atoms with Gasteiger partial charge in [-0.2, -0.15) is 0 Å². The SMILES string of the molecule is Cc1ccc(C)c(C(Br)c2ccc(Br)cc2C)c1. The summed E-state index contributed by atoms with van der Waals surface area (Å²) in [5.74, 6) is 0. The van der Waals surface area contributed by atoms with Crippen LogP contribution in [0.25, 0.3) is 0 Å². The lowest BCUT2D eigenvalue weighted by atomic mass is 9.96. The lowest BCUT2D eigenvalue weighted by molar-refractivity contribution is 1.11. The lowest BCUT2D eigenvalue weighted by Crippen LogP contribution is -1.99. The van der Waals surface area contributed by atoms with Crippen molar-refractivity contribution in [2.45, 2.75) is 25.6 Å². The molecule has 0 aromatic heterocycles. The van der Waals surface area contributed by atoms with E-state index in [0.717, 1.165) is 4.47 Å². The first kappa shape index (κ1) is 13.8. The van der Waals surface area contributed by atoms with Crippen LogP contribution in [-0.2, 0) is 0 Å². The molecule has 0 radical (unpaired) electrons. The molecule has 0 heterocycles. The maximum Gasteiger partial charge on any atom is 0.0649 e. The van der Waals surface area contributed by atoms with Crippen molar-refractivity contribution in [3.05, 3.63) is 68.7 Å². The molecule has 94 valence electrons. The van der Waals surface area contributed by atoms with E-state index in [1.807, 2.05) is 0 Å². The van der Waals surface area contributed by atoms with Gasteiger partial charge < -0.3 is 0 Å². The summed E-state index contributed by atoms with van der Waals surface area (Å²) in [5.41, 5.74) is 6.60. The van der Waals surface area contributed by atoms with E-state index in [0.29, 0.717) is 0 Å². The van der Waals surface area contributed by atoms with Gasteiger partial charge in [0.2, 0.25) is 0 Å². The first-order valence-corrected chi connectivity index (χ1v) is 7.67. The van der Waals surface area contributed by atoms with E-state index in [-0.39, 0.29) is 4.83 Å². The molecule has 2 aromatic carbocycles. The Kier molecular flexibility index (Phi) is 4.29. The molecule has 0 amide bonds. The van der Waals surface area contributed by atoms with E-state index in [4.69, 9.17) is 0 Å². The summed E-state index contributed by atoms with van der Waals surface area (Å²) in [6.45, 7) is 6.45. The van der Waals surface area contributed by atoms with Crippen LogP contribution in [0.1, 0.15) is 32.6 Å². The molecule has 0 fully saturated rings. The second-order valence-electron chi connectivity index (χ2n) is 4.72. The number of rotatable bonds is 2. The van der Waals surface area contributed by atoms with Crippen LogP contribution in [0.5, 0.6) is 0 Å². The molecule has 18 heavy (non-hydrogen) atoms. The van der Waals surface area contributed by atoms with Crippen LogP contribution in [0.2, 0.25) is 0 Å². The minimum absolute atomic E-state index is 0.255. The zero-order chi connectivity index (χ0) is 13.3. The zero-order valence-corrected chi connectivity index (χ0v) is 14.0. The molecule has 0 saturated carbocycles. The lowest BCUT2D eigenvalue weighted by Gasteiger charge is -2.17. The Bertz CT molecular complexity index is 573. The fraction of sp³-hybridized carbons (Fsp3) is 0.250. The van der Waals surface area contributed by atoms with Crippen molar-refractivity contribution in [2.75, 3.05) is 0 Å². The molecule has 0 aliphatic carbocycles. The first-order chi connectivity index (χ1) is 8.49. The zero-order valence-electron chi connectivity index (χ0n) is 10.8. The highest BCUT2D eigenvalue weighted by Gasteiger charge is 2.15. The smallest absolute Gasteiger partial charge is 0.0649 e. The Labute approximate surface area is 126 Å². The summed E-state index contributed by atoms with van der Waals surface area (Å²) in [7, 11) is 0. The molecule has 0 N–H and O–H groups in total. The third-order valence-corrected chi connectivity index (χ3v) is 4.69. The van der Waals surface area contributed by atoms with Gasteiger partial charge in [0.25, 0.3) is 0 Å². The Hall–Kier alpha value is -0.600. The molecule has 2 aromatic rings. The molecule has 0 aliphatic rings. The van der Waals surface area contributed by atoms with Crippen molar-refractivity contribution in [1.82, 2.24) is 0 Å². The Morgan fingerprint density at radius 2 is 1.56 bits per heavy atom. The number of alkyl halides is 1. The van der Waals surface area contributed by atoms with E-state index < -0.39 is 0 Å². The van der Waals surface area contributed by atoms with Crippen molar-refractivity contribution in [3.8, 4) is 0 Å². The maximum atomic E-state index is 3.84. The molecular formula is C16H16Br2. The van der Waals surface area contributed by atoms with Crippen molar-refractivity contribution >= 4 is 31.9 Å². The molecule has 2 rings (SSSR count). The summed E-state index contributed by atoms with van der Waals surface area (Å²) >= 11 is 7.35. The predicted octanol–water partition coefficient (Wildman–Crippen LogP) is 5.86. The number of benzene rings is 2. The second-order valence-corrected chi connectivity index (χ2v) is 6.55. The summed E-state index contributed by atoms with van der Waals surface area (Å²) in [4.78, 5) is 0.255. The molecule has 0 saturated heterocycles. The van der Waals surface area contributed by atoms with Crippen molar-refractivity contribution in [1.29, 1.82) is 0 Å². The van der Waals surface area contributed by atoms with E-state index in [1.165, 1.54) is 27.8 Å². The van der Waals surface area contributed by atoms with E-state index in [1.54, 1.807) is 0 Å². The molecule has 0 bridgehead atoms. The van der Waals surface area contributed by atoms with Gasteiger partial charge in [0.1, 0.15) is 0 Å². The first-order valence-electron chi connectivity index (χ1n) is 5.96. The Morgan fingerprint density at radius 3 is 2.22 bits per heavy atom. The van der Waals surface area contributed by atoms with Gasteiger partial charge in [0.15, 0.2) is 0 Å². The highest BCUT2D eigenvalue weighted by Crippen LogP contribution is 2.35. The summed E-state index contributed by atoms with van der Waals surface area (Å²) in [5, 5.41) is 0. The normalized spacial score (nSPS) is 12.5. The van der Waals surface area contributed by atoms with Crippen LogP contribution >= 0.6 is 31.9 Å². The van der Waals surface area contributed by atoms with Crippen LogP contribution in [-0.4, -0.2) is 0 Å². The fourth-order valence-electron chi connectivity index (χ4n) is 2.12. The highest BCUT2D eigenvalue weighted by atomic mass is 79.9. The minimum Gasteiger partial charge on any atom is -0.0786 e. The molecule has 0 nitrogen and oxygen atoms in total. The van der Waals surface area contributed by atoms with Crippen LogP contribution in [0.3, 0.4) is 0 Å². The predicted molar refractivity (Wildman–Crippen MR) is 85.6 cm³/mol. The van der Waals surface area contributed by atoms with Gasteiger partial charge in [-0.25, -0.2) is 0 Å². The number of hydrogen-bond donors (Lipinski definition) is 0. The monoisotopic (exact) mass is 366 g/mol. The van der Waals surface area contributed by atoms with E-state index in [9.17, 15) is 0 Å². The quantitative estimate of drug-likeness (QED) is 0.583. The van der Waals surface area contributed by atoms with Gasteiger partial charge in [-0.15, -0.1) is 0 Å². The standard InChI is InChI=1S/C16H16Br2/c1-10-4-5-11(2)15(8-10)16(18)14-7-6-13(17)9-12(14)3/h4-9,16H,1-3H3. The Morgan fingerprint density at radius 1 is 0.833 bits per heavy atom. The number of hydrogen-bond acceptors (Lipinski definition) is 0. The summed E-state index contributed by atoms with van der Waals surface area (Å²) < 4.78 is 1.13. The third kappa shape index (κ3) is 2.86. The molecule has 0 aliphatic heterocycles. The van der Waals surface area contributed by atoms with Gasteiger partial charge in [-0.1, -0.05) is 61.7 Å². The minimum atomic E-state index is 0.255. The maximum absolute atomic E-state index is 3.84. The molecule has 2 heteroatoms. The molecule has 1 atom stereocenters. The van der Waals surface area contributed by atoms with Gasteiger partial charge in [-0.05, 0) is 55.2 Å². The van der Waals surface area contributed by atoms with Crippen LogP contribution in [0, 0.1) is 20.8 Å². The van der Waals surface area contributed by atoms with Gasteiger partial charge in [0.05, 0.1) is 4.83 Å². The van der Waals surface area contributed by atoms with Crippen LogP contribution in [0.15, 0.2) is 40.9 Å². The average molecular weight is 368 g/mol. The molecule has 1 unspecified atom stereocenters. The van der Waals surface area contributed by atoms with Gasteiger partial charge in [-0.3, -0.25) is 0 Å². The van der Waals surface area contributed by atoms with Gasteiger partial charge >= 0.3 is 0 Å². The molecule has 0 spiro atoms. The summed E-state index contributed by atoms with van der Waals surface area (Å²) in [6, 6.07) is 13.0. The largest absolute Gasteiger partial charge is 0.0786 e. The van der Waals surface area contributed by atoms with Gasteiger partial charge in [0, 0.05) is 4.47 Å². The van der Waals surface area contributed by atoms with Crippen LogP contribution < -0.4 is 0 Å². The topological polar surface area (TPSA) is 0 Å². The Balaban J connectivity index is 2.47. The van der Waals surface area contributed by atoms with Crippen LogP contribution in [0.4, 0.5) is 0 Å². The second kappa shape index (κ2) is 5.58. The van der Waals surface area contributed by atoms with E-state index >= 15 is 0 Å². The van der Waals surface area contributed by atoms with E-state index in [2.05, 4.69) is 89.0 Å². The van der Waals surface area contributed by atoms with Crippen molar-refractivity contribution in [2.24, 2.45) is 0 Å². The van der Waals surface area contributed by atoms with Crippen molar-refractivity contribution in [3.63, 3.8) is 0 Å². The fourth-order valence-corrected chi connectivity index (χ4v) is 3.61. The molecular weight excluding hydrogens is 352 g/mol. The third-order valence-electron chi connectivity index (χ3n) is 3.21. The number of aryl methyl sites for hydroxylation is 3. The van der Waals surface area contributed by atoms with Crippen molar-refractivity contribution < 1.29 is 0 Å². The average Bonchev–Trinajstić information content (AvgIpc) is 2.31. The summed E-state index contributed by atoms with van der Waals surface area (Å²) in [6.07, 6.45) is 0. The number of halogens is 2.